The number of nitrogens with one attached hydrogen (secondary N) is 1. The molecule has 6 nitrogen and oxygen atoms in total. The number of fused-ring (bicyclic) bond motifs is 1. The monoisotopic (exact) mass is 340 g/mol. The summed E-state index contributed by atoms with van der Waals surface area (Å²) >= 11 is 1.66. The molecule has 23 heavy (non-hydrogen) atoms. The van der Waals surface area contributed by atoms with Crippen LogP contribution in [-0.2, 0) is 19.1 Å². The number of carbonyl (C=O) groups is 3. The van der Waals surface area contributed by atoms with Crippen molar-refractivity contribution in [2.75, 3.05) is 12.9 Å². The van der Waals surface area contributed by atoms with Crippen LogP contribution in [0.2, 0.25) is 0 Å². The summed E-state index contributed by atoms with van der Waals surface area (Å²) in [7, 11) is 1.36. The number of carbonyl (C=O) groups excluding carboxylic acids is 3. The summed E-state index contributed by atoms with van der Waals surface area (Å²) in [5.74, 6) is 0.0367. The molecule has 3 fully saturated rings. The highest BCUT2D eigenvalue weighted by Gasteiger charge is 2.54. The molecule has 0 aromatic heterocycles. The van der Waals surface area contributed by atoms with Gasteiger partial charge in [0.25, 0.3) is 0 Å². The second kappa shape index (κ2) is 6.00. The molecule has 2 atom stereocenters. The van der Waals surface area contributed by atoms with E-state index in [-0.39, 0.29) is 22.7 Å². The second-order valence-corrected chi connectivity index (χ2v) is 8.39. The molecule has 0 radical (unpaired) electrons. The molecule has 3 rings (SSSR count). The lowest BCUT2D eigenvalue weighted by Gasteiger charge is -2.37. The predicted octanol–water partition coefficient (Wildman–Crippen LogP) is 1.43. The Morgan fingerprint density at radius 2 is 1.96 bits per heavy atom. The van der Waals surface area contributed by atoms with E-state index in [1.165, 1.54) is 7.11 Å². The molecule has 2 heterocycles. The zero-order valence-corrected chi connectivity index (χ0v) is 14.5. The number of amides is 2. The Kier molecular flexibility index (Phi) is 4.33. The van der Waals surface area contributed by atoms with Crippen molar-refractivity contribution >= 4 is 29.5 Å². The molecule has 0 spiro atoms. The molecule has 2 unspecified atom stereocenters. The summed E-state index contributed by atoms with van der Waals surface area (Å²) in [5.41, 5.74) is -0.920. The van der Waals surface area contributed by atoms with Crippen LogP contribution in [0.4, 0.5) is 0 Å². The molecule has 7 heteroatoms. The Hall–Kier alpha value is -1.24. The van der Waals surface area contributed by atoms with Crippen molar-refractivity contribution in [3.8, 4) is 0 Å². The summed E-state index contributed by atoms with van der Waals surface area (Å²) in [4.78, 5) is 38.7. The number of hydrogen-bond acceptors (Lipinski definition) is 5. The Morgan fingerprint density at radius 1 is 1.26 bits per heavy atom. The van der Waals surface area contributed by atoms with Crippen LogP contribution in [0.1, 0.15) is 51.9 Å². The quantitative estimate of drug-likeness (QED) is 0.787. The van der Waals surface area contributed by atoms with E-state index >= 15 is 0 Å². The molecular formula is C16H24N2O4S. The van der Waals surface area contributed by atoms with Gasteiger partial charge in [0.15, 0.2) is 0 Å². The first kappa shape index (κ1) is 16.6. The highest BCUT2D eigenvalue weighted by atomic mass is 32.2. The fraction of sp³-hybridized carbons (Fsp3) is 0.812. The van der Waals surface area contributed by atoms with Crippen LogP contribution in [0.5, 0.6) is 0 Å². The highest BCUT2D eigenvalue weighted by molar-refractivity contribution is 8.01. The molecule has 0 bridgehead atoms. The van der Waals surface area contributed by atoms with E-state index < -0.39 is 11.6 Å². The van der Waals surface area contributed by atoms with Crippen molar-refractivity contribution in [1.29, 1.82) is 0 Å². The van der Waals surface area contributed by atoms with E-state index in [9.17, 15) is 14.4 Å². The van der Waals surface area contributed by atoms with Crippen molar-refractivity contribution in [2.24, 2.45) is 0 Å². The van der Waals surface area contributed by atoms with Gasteiger partial charge in [-0.2, -0.15) is 0 Å². The third-order valence-corrected chi connectivity index (χ3v) is 6.90. The maximum absolute atomic E-state index is 12.8. The third-order valence-electron chi connectivity index (χ3n) is 5.39. The van der Waals surface area contributed by atoms with Crippen LogP contribution in [0, 0.1) is 0 Å². The number of esters is 1. The van der Waals surface area contributed by atoms with Crippen molar-refractivity contribution in [3.63, 3.8) is 0 Å². The average Bonchev–Trinajstić information content (AvgIpc) is 3.04. The average molecular weight is 340 g/mol. The van der Waals surface area contributed by atoms with Gasteiger partial charge in [-0.1, -0.05) is 19.3 Å². The van der Waals surface area contributed by atoms with Crippen LogP contribution >= 0.6 is 11.8 Å². The van der Waals surface area contributed by atoms with Crippen LogP contribution < -0.4 is 5.32 Å². The highest BCUT2D eigenvalue weighted by Crippen LogP contribution is 2.47. The largest absolute Gasteiger partial charge is 0.467 e. The van der Waals surface area contributed by atoms with Gasteiger partial charge in [-0.05, 0) is 26.2 Å². The predicted molar refractivity (Wildman–Crippen MR) is 86.7 cm³/mol. The number of methoxy groups -OCH3 is 1. The molecular weight excluding hydrogens is 316 g/mol. The van der Waals surface area contributed by atoms with Gasteiger partial charge in [0.1, 0.15) is 11.6 Å². The standard InChI is InChI=1S/C16H24N2O4S/c1-15-9-6-12(19)18(15)11(10-23-15)13(20)17-16(14(21)22-2)7-4-3-5-8-16/h11H,3-10H2,1-2H3,(H,17,20). The van der Waals surface area contributed by atoms with Crippen LogP contribution in [0.3, 0.4) is 0 Å². The minimum absolute atomic E-state index is 0.0356. The minimum atomic E-state index is -0.920. The molecule has 1 saturated carbocycles. The van der Waals surface area contributed by atoms with E-state index in [1.807, 2.05) is 6.92 Å². The van der Waals surface area contributed by atoms with Crippen LogP contribution in [0.25, 0.3) is 0 Å². The molecule has 2 saturated heterocycles. The first-order valence-corrected chi connectivity index (χ1v) is 9.27. The number of rotatable bonds is 3. The van der Waals surface area contributed by atoms with Crippen molar-refractivity contribution in [1.82, 2.24) is 10.2 Å². The molecule has 0 aromatic rings. The number of thioether (sulfide) groups is 1. The fourth-order valence-electron chi connectivity index (χ4n) is 4.06. The first-order valence-electron chi connectivity index (χ1n) is 8.28. The van der Waals surface area contributed by atoms with E-state index in [2.05, 4.69) is 5.32 Å². The Morgan fingerprint density at radius 3 is 2.61 bits per heavy atom. The third kappa shape index (κ3) is 2.73. The Bertz CT molecular complexity index is 532. The lowest BCUT2D eigenvalue weighted by molar-refractivity contribution is -0.153. The smallest absolute Gasteiger partial charge is 0.331 e. The van der Waals surface area contributed by atoms with Gasteiger partial charge in [-0.3, -0.25) is 9.59 Å². The molecule has 128 valence electrons. The summed E-state index contributed by atoms with van der Waals surface area (Å²) in [6.07, 6.45) is 5.35. The second-order valence-electron chi connectivity index (χ2n) is 6.89. The molecule has 3 aliphatic rings. The van der Waals surface area contributed by atoms with Crippen LogP contribution in [0.15, 0.2) is 0 Å². The van der Waals surface area contributed by atoms with Gasteiger partial charge in [0, 0.05) is 12.2 Å². The molecule has 1 N–H and O–H groups in total. The van der Waals surface area contributed by atoms with Crippen molar-refractivity contribution < 1.29 is 19.1 Å². The van der Waals surface area contributed by atoms with Crippen LogP contribution in [-0.4, -0.2) is 52.0 Å². The van der Waals surface area contributed by atoms with Crippen molar-refractivity contribution in [3.05, 3.63) is 0 Å². The summed E-state index contributed by atoms with van der Waals surface area (Å²) in [6, 6.07) is -0.483. The van der Waals surface area contributed by atoms with E-state index in [0.717, 1.165) is 25.7 Å². The summed E-state index contributed by atoms with van der Waals surface area (Å²) < 4.78 is 4.94. The zero-order valence-electron chi connectivity index (χ0n) is 13.7. The van der Waals surface area contributed by atoms with Gasteiger partial charge in [-0.15, -0.1) is 11.8 Å². The number of ether oxygens (including phenoxy) is 1. The van der Waals surface area contributed by atoms with E-state index in [4.69, 9.17) is 4.74 Å². The SMILES string of the molecule is COC(=O)C1(NC(=O)C2CSC3(C)CCC(=O)N23)CCCCC1. The van der Waals surface area contributed by atoms with Gasteiger partial charge in [0.05, 0.1) is 12.0 Å². The normalized spacial score (nSPS) is 32.5. The zero-order chi connectivity index (χ0) is 16.7. The van der Waals surface area contributed by atoms with E-state index in [0.29, 0.717) is 25.0 Å². The van der Waals surface area contributed by atoms with Gasteiger partial charge in [-0.25, -0.2) is 4.79 Å². The molecule has 0 aromatic carbocycles. The lowest BCUT2D eigenvalue weighted by Crippen LogP contribution is -2.61. The number of nitrogens with zero attached hydrogens (tertiary/aromatic N) is 1. The maximum atomic E-state index is 12.8. The molecule has 2 amide bonds. The number of hydrogen-bond donors (Lipinski definition) is 1. The van der Waals surface area contributed by atoms with Gasteiger partial charge >= 0.3 is 5.97 Å². The van der Waals surface area contributed by atoms with E-state index in [1.54, 1.807) is 16.7 Å². The molecule has 2 aliphatic heterocycles. The Balaban J connectivity index is 1.77. The molecule has 1 aliphatic carbocycles. The van der Waals surface area contributed by atoms with Gasteiger partial charge < -0.3 is 15.0 Å². The Labute approximate surface area is 140 Å². The summed E-state index contributed by atoms with van der Waals surface area (Å²) in [6.45, 7) is 2.02. The maximum Gasteiger partial charge on any atom is 0.331 e. The minimum Gasteiger partial charge on any atom is -0.467 e. The van der Waals surface area contributed by atoms with Crippen molar-refractivity contribution in [2.45, 2.75) is 68.3 Å². The topological polar surface area (TPSA) is 75.7 Å². The summed E-state index contributed by atoms with van der Waals surface area (Å²) in [5, 5.41) is 2.95. The lowest BCUT2D eigenvalue weighted by atomic mass is 9.81. The first-order chi connectivity index (χ1) is 10.9. The fourth-order valence-corrected chi connectivity index (χ4v) is 5.50. The van der Waals surface area contributed by atoms with Gasteiger partial charge in [0.2, 0.25) is 11.8 Å².